The van der Waals surface area contributed by atoms with E-state index in [2.05, 4.69) is 50.2 Å². The Morgan fingerprint density at radius 2 is 1.86 bits per heavy atom. The van der Waals surface area contributed by atoms with Crippen LogP contribution in [0.1, 0.15) is 43.6 Å². The van der Waals surface area contributed by atoms with E-state index in [1.54, 1.807) is 0 Å². The zero-order valence-corrected chi connectivity index (χ0v) is 14.1. The van der Waals surface area contributed by atoms with Crippen LogP contribution in [0.4, 0.5) is 0 Å². The van der Waals surface area contributed by atoms with Gasteiger partial charge in [-0.3, -0.25) is 0 Å². The Balaban J connectivity index is 2.14. The second-order valence-corrected chi connectivity index (χ2v) is 5.54. The number of hydrogen-bond acceptors (Lipinski definition) is 3. The smallest absolute Gasteiger partial charge is 0.119 e. The molecule has 0 unspecified atom stereocenters. The van der Waals surface area contributed by atoms with Crippen molar-refractivity contribution in [2.24, 2.45) is 0 Å². The second kappa shape index (κ2) is 7.99. The molecule has 120 valence electrons. The first kappa shape index (κ1) is 16.6. The van der Waals surface area contributed by atoms with Gasteiger partial charge in [0.25, 0.3) is 0 Å². The van der Waals surface area contributed by atoms with Gasteiger partial charge < -0.3 is 10.1 Å². The van der Waals surface area contributed by atoms with E-state index in [4.69, 9.17) is 4.74 Å². The van der Waals surface area contributed by atoms with E-state index in [1.165, 1.54) is 11.3 Å². The van der Waals surface area contributed by atoms with Crippen molar-refractivity contribution in [1.82, 2.24) is 15.1 Å². The number of unbranched alkanes of at least 4 members (excludes halogenated alkanes) is 1. The summed E-state index contributed by atoms with van der Waals surface area (Å²) in [5, 5.41) is 8.05. The number of nitrogens with zero attached hydrogens (tertiary/aromatic N) is 2. The van der Waals surface area contributed by atoms with E-state index in [9.17, 15) is 0 Å². The lowest BCUT2D eigenvalue weighted by atomic mass is 10.2. The van der Waals surface area contributed by atoms with Crippen LogP contribution in [0.15, 0.2) is 24.3 Å². The van der Waals surface area contributed by atoms with Crippen LogP contribution < -0.4 is 10.1 Å². The molecule has 0 atom stereocenters. The van der Waals surface area contributed by atoms with Crippen LogP contribution in [-0.2, 0) is 6.54 Å². The normalized spacial score (nSPS) is 10.9. The van der Waals surface area contributed by atoms with Gasteiger partial charge in [-0.15, -0.1) is 0 Å². The highest BCUT2D eigenvalue weighted by molar-refractivity contribution is 5.40. The Hall–Kier alpha value is -1.81. The summed E-state index contributed by atoms with van der Waals surface area (Å²) >= 11 is 0. The van der Waals surface area contributed by atoms with Crippen molar-refractivity contribution in [3.8, 4) is 11.4 Å². The van der Waals surface area contributed by atoms with Crippen molar-refractivity contribution in [2.45, 2.75) is 47.1 Å². The van der Waals surface area contributed by atoms with Crippen molar-refractivity contribution in [3.63, 3.8) is 0 Å². The fourth-order valence-electron chi connectivity index (χ4n) is 2.45. The molecule has 1 heterocycles. The molecule has 1 N–H and O–H groups in total. The summed E-state index contributed by atoms with van der Waals surface area (Å²) in [4.78, 5) is 0. The molecule has 22 heavy (non-hydrogen) atoms. The van der Waals surface area contributed by atoms with Gasteiger partial charge in [0.05, 0.1) is 18.0 Å². The maximum atomic E-state index is 5.71. The molecule has 0 saturated heterocycles. The quantitative estimate of drug-likeness (QED) is 0.754. The Morgan fingerprint density at radius 3 is 2.50 bits per heavy atom. The Morgan fingerprint density at radius 1 is 1.14 bits per heavy atom. The predicted molar refractivity (Wildman–Crippen MR) is 90.8 cm³/mol. The first-order valence-electron chi connectivity index (χ1n) is 8.16. The van der Waals surface area contributed by atoms with Crippen LogP contribution >= 0.6 is 0 Å². The fourth-order valence-corrected chi connectivity index (χ4v) is 2.45. The molecule has 2 aromatic rings. The molecule has 0 radical (unpaired) electrons. The molecule has 0 aliphatic heterocycles. The van der Waals surface area contributed by atoms with E-state index in [1.807, 2.05) is 16.8 Å². The van der Waals surface area contributed by atoms with Gasteiger partial charge in [0, 0.05) is 17.8 Å². The molecule has 0 amide bonds. The van der Waals surface area contributed by atoms with Gasteiger partial charge in [-0.25, -0.2) is 4.68 Å². The molecule has 4 heteroatoms. The van der Waals surface area contributed by atoms with E-state index in [-0.39, 0.29) is 0 Å². The van der Waals surface area contributed by atoms with Crippen LogP contribution in [-0.4, -0.2) is 22.9 Å². The number of hydrogen-bond donors (Lipinski definition) is 1. The van der Waals surface area contributed by atoms with Gasteiger partial charge in [-0.05, 0) is 51.1 Å². The SMILES string of the molecule is CCCCOc1ccc(-n2nc(C)c(CNCC)c2C)cc1. The molecule has 0 fully saturated rings. The molecule has 1 aromatic carbocycles. The van der Waals surface area contributed by atoms with E-state index < -0.39 is 0 Å². The van der Waals surface area contributed by atoms with Crippen LogP contribution in [0, 0.1) is 13.8 Å². The van der Waals surface area contributed by atoms with E-state index in [0.29, 0.717) is 0 Å². The first-order valence-corrected chi connectivity index (χ1v) is 8.16. The third-order valence-electron chi connectivity index (χ3n) is 3.84. The maximum absolute atomic E-state index is 5.71. The summed E-state index contributed by atoms with van der Waals surface area (Å²) in [6.45, 7) is 11.1. The molecule has 2 rings (SSSR count). The van der Waals surface area contributed by atoms with Gasteiger partial charge in [-0.1, -0.05) is 20.3 Å². The van der Waals surface area contributed by atoms with Crippen molar-refractivity contribution in [3.05, 3.63) is 41.2 Å². The Kier molecular flexibility index (Phi) is 6.01. The summed E-state index contributed by atoms with van der Waals surface area (Å²) in [6.07, 6.45) is 2.24. The lowest BCUT2D eigenvalue weighted by Gasteiger charge is -2.08. The van der Waals surface area contributed by atoms with E-state index >= 15 is 0 Å². The first-order chi connectivity index (χ1) is 10.7. The monoisotopic (exact) mass is 301 g/mol. The van der Waals surface area contributed by atoms with Crippen LogP contribution in [0.5, 0.6) is 5.75 Å². The molecule has 1 aromatic heterocycles. The average Bonchev–Trinajstić information content (AvgIpc) is 2.81. The molecule has 4 nitrogen and oxygen atoms in total. The summed E-state index contributed by atoms with van der Waals surface area (Å²) in [6, 6.07) is 8.17. The molecule has 0 bridgehead atoms. The summed E-state index contributed by atoms with van der Waals surface area (Å²) < 4.78 is 7.72. The van der Waals surface area contributed by atoms with Gasteiger partial charge in [0.1, 0.15) is 5.75 Å². The van der Waals surface area contributed by atoms with Crippen molar-refractivity contribution in [2.75, 3.05) is 13.2 Å². The minimum absolute atomic E-state index is 0.780. The number of ether oxygens (including phenoxy) is 1. The average molecular weight is 301 g/mol. The molecular formula is C18H27N3O. The molecule has 0 saturated carbocycles. The van der Waals surface area contributed by atoms with Crippen molar-refractivity contribution >= 4 is 0 Å². The topological polar surface area (TPSA) is 39.1 Å². The molecule has 0 aliphatic carbocycles. The van der Waals surface area contributed by atoms with E-state index in [0.717, 1.165) is 49.7 Å². The van der Waals surface area contributed by atoms with Gasteiger partial charge >= 0.3 is 0 Å². The lowest BCUT2D eigenvalue weighted by Crippen LogP contribution is -2.13. The van der Waals surface area contributed by atoms with Gasteiger partial charge in [-0.2, -0.15) is 5.10 Å². The van der Waals surface area contributed by atoms with Gasteiger partial charge in [0.2, 0.25) is 0 Å². The molecule has 0 spiro atoms. The van der Waals surface area contributed by atoms with Crippen molar-refractivity contribution in [1.29, 1.82) is 0 Å². The zero-order chi connectivity index (χ0) is 15.9. The summed E-state index contributed by atoms with van der Waals surface area (Å²) in [5.74, 6) is 0.923. The zero-order valence-electron chi connectivity index (χ0n) is 14.1. The fraction of sp³-hybridized carbons (Fsp3) is 0.500. The molecule has 0 aliphatic rings. The standard InChI is InChI=1S/C18H27N3O/c1-5-7-12-22-17-10-8-16(9-11-17)21-15(4)18(13-19-6-2)14(3)20-21/h8-11,19H,5-7,12-13H2,1-4H3. The largest absolute Gasteiger partial charge is 0.494 e. The number of benzene rings is 1. The third kappa shape index (κ3) is 3.89. The van der Waals surface area contributed by atoms with Crippen LogP contribution in [0.2, 0.25) is 0 Å². The summed E-state index contributed by atoms with van der Waals surface area (Å²) in [5.41, 5.74) is 4.64. The van der Waals surface area contributed by atoms with Crippen LogP contribution in [0.3, 0.4) is 0 Å². The lowest BCUT2D eigenvalue weighted by molar-refractivity contribution is 0.309. The number of aromatic nitrogens is 2. The number of rotatable bonds is 8. The highest BCUT2D eigenvalue weighted by Gasteiger charge is 2.12. The minimum atomic E-state index is 0.780. The second-order valence-electron chi connectivity index (χ2n) is 5.54. The number of nitrogens with one attached hydrogen (secondary N) is 1. The highest BCUT2D eigenvalue weighted by atomic mass is 16.5. The highest BCUT2D eigenvalue weighted by Crippen LogP contribution is 2.20. The predicted octanol–water partition coefficient (Wildman–Crippen LogP) is 3.78. The van der Waals surface area contributed by atoms with Crippen LogP contribution in [0.25, 0.3) is 5.69 Å². The van der Waals surface area contributed by atoms with Crippen molar-refractivity contribution < 1.29 is 4.74 Å². The number of aryl methyl sites for hydroxylation is 1. The Labute approximate surface area is 133 Å². The maximum Gasteiger partial charge on any atom is 0.119 e. The third-order valence-corrected chi connectivity index (χ3v) is 3.84. The minimum Gasteiger partial charge on any atom is -0.494 e. The Bertz CT molecular complexity index is 587. The molecular weight excluding hydrogens is 274 g/mol. The summed E-state index contributed by atoms with van der Waals surface area (Å²) in [7, 11) is 0. The van der Waals surface area contributed by atoms with Gasteiger partial charge in [0.15, 0.2) is 0 Å².